The van der Waals surface area contributed by atoms with E-state index in [2.05, 4.69) is 35.1 Å². The van der Waals surface area contributed by atoms with Crippen molar-refractivity contribution in [2.45, 2.75) is 38.9 Å². The summed E-state index contributed by atoms with van der Waals surface area (Å²) in [7, 11) is 1.65. The van der Waals surface area contributed by atoms with Gasteiger partial charge in [0.15, 0.2) is 0 Å². The van der Waals surface area contributed by atoms with Crippen LogP contribution in [0.2, 0.25) is 0 Å². The highest BCUT2D eigenvalue weighted by molar-refractivity contribution is 5.75. The van der Waals surface area contributed by atoms with E-state index >= 15 is 0 Å². The fraction of sp³-hybridized carbons (Fsp3) is 0.421. The van der Waals surface area contributed by atoms with E-state index in [1.165, 1.54) is 5.69 Å². The van der Waals surface area contributed by atoms with Crippen molar-refractivity contribution in [3.05, 3.63) is 53.9 Å². The van der Waals surface area contributed by atoms with Crippen LogP contribution in [-0.4, -0.2) is 29.2 Å². The van der Waals surface area contributed by atoms with Gasteiger partial charge in [-0.2, -0.15) is 0 Å². The van der Waals surface area contributed by atoms with Gasteiger partial charge in [-0.05, 0) is 36.2 Å². The van der Waals surface area contributed by atoms with Crippen LogP contribution in [0.15, 0.2) is 42.6 Å². The summed E-state index contributed by atoms with van der Waals surface area (Å²) in [4.78, 5) is 14.7. The molecule has 0 saturated heterocycles. The van der Waals surface area contributed by atoms with Crippen molar-refractivity contribution in [3.8, 4) is 5.75 Å². The lowest BCUT2D eigenvalue weighted by Crippen LogP contribution is -2.46. The van der Waals surface area contributed by atoms with Gasteiger partial charge in [0.1, 0.15) is 5.75 Å². The highest BCUT2D eigenvalue weighted by atomic mass is 16.5. The minimum atomic E-state index is 0.00344. The van der Waals surface area contributed by atoms with Crippen LogP contribution in [0.5, 0.6) is 5.75 Å². The van der Waals surface area contributed by atoms with Crippen LogP contribution in [0.4, 0.5) is 4.79 Å². The Bertz CT molecular complexity index is 695. The van der Waals surface area contributed by atoms with Gasteiger partial charge < -0.3 is 19.5 Å². The maximum atomic E-state index is 12.7. The standard InChI is InChI=1S/C19H25N3O2/c1-3-6-18-17-9-5-10-21(17)11-12-22(18)19(23)20-14-15-7-4-8-16(13-15)24-2/h4-5,7-10,13,18H,3,6,11-12,14H2,1-2H3,(H,20,23)/t18-/m0/s1. The zero-order chi connectivity index (χ0) is 16.9. The molecule has 5 nitrogen and oxygen atoms in total. The first kappa shape index (κ1) is 16.4. The molecule has 1 atom stereocenters. The number of nitrogens with zero attached hydrogens (tertiary/aromatic N) is 2. The number of fused-ring (bicyclic) bond motifs is 1. The highest BCUT2D eigenvalue weighted by Crippen LogP contribution is 2.29. The molecule has 0 fully saturated rings. The summed E-state index contributed by atoms with van der Waals surface area (Å²) in [5.41, 5.74) is 2.27. The number of methoxy groups -OCH3 is 1. The van der Waals surface area contributed by atoms with Crippen LogP contribution < -0.4 is 10.1 Å². The van der Waals surface area contributed by atoms with Gasteiger partial charge in [0.25, 0.3) is 0 Å². The van der Waals surface area contributed by atoms with Gasteiger partial charge in [-0.25, -0.2) is 4.79 Å². The van der Waals surface area contributed by atoms with Gasteiger partial charge in [-0.1, -0.05) is 25.5 Å². The molecule has 1 N–H and O–H groups in total. The molecule has 2 amide bonds. The molecule has 1 aromatic carbocycles. The van der Waals surface area contributed by atoms with Crippen molar-refractivity contribution in [3.63, 3.8) is 0 Å². The molecular weight excluding hydrogens is 302 g/mol. The van der Waals surface area contributed by atoms with Crippen molar-refractivity contribution in [1.29, 1.82) is 0 Å². The number of carbonyl (C=O) groups is 1. The average Bonchev–Trinajstić information content (AvgIpc) is 3.09. The molecule has 5 heteroatoms. The Kier molecular flexibility index (Phi) is 5.08. The number of aromatic nitrogens is 1. The SMILES string of the molecule is CCC[C@H]1c2cccn2CCN1C(=O)NCc1cccc(OC)c1. The second-order valence-corrected chi connectivity index (χ2v) is 6.13. The summed E-state index contributed by atoms with van der Waals surface area (Å²) in [5.74, 6) is 0.807. The third-order valence-corrected chi connectivity index (χ3v) is 4.56. The Hall–Kier alpha value is -2.43. The highest BCUT2D eigenvalue weighted by Gasteiger charge is 2.29. The van der Waals surface area contributed by atoms with E-state index in [1.807, 2.05) is 29.2 Å². The number of hydrogen-bond donors (Lipinski definition) is 1. The molecule has 1 aliphatic heterocycles. The summed E-state index contributed by atoms with van der Waals surface area (Å²) >= 11 is 0. The predicted molar refractivity (Wildman–Crippen MR) is 94.0 cm³/mol. The molecule has 0 bridgehead atoms. The lowest BCUT2D eigenvalue weighted by Gasteiger charge is -2.37. The summed E-state index contributed by atoms with van der Waals surface area (Å²) < 4.78 is 7.49. The van der Waals surface area contributed by atoms with Gasteiger partial charge in [0.2, 0.25) is 0 Å². The molecule has 1 aliphatic rings. The Morgan fingerprint density at radius 2 is 2.17 bits per heavy atom. The summed E-state index contributed by atoms with van der Waals surface area (Å²) in [5, 5.41) is 3.05. The number of urea groups is 1. The molecule has 1 aromatic heterocycles. The topological polar surface area (TPSA) is 46.5 Å². The van der Waals surface area contributed by atoms with Crippen LogP contribution >= 0.6 is 0 Å². The van der Waals surface area contributed by atoms with Crippen molar-refractivity contribution < 1.29 is 9.53 Å². The number of hydrogen-bond acceptors (Lipinski definition) is 2. The molecule has 3 rings (SSSR count). The van der Waals surface area contributed by atoms with Crippen LogP contribution in [0.3, 0.4) is 0 Å². The van der Waals surface area contributed by atoms with Crippen LogP contribution in [0.25, 0.3) is 0 Å². The van der Waals surface area contributed by atoms with Crippen molar-refractivity contribution in [2.75, 3.05) is 13.7 Å². The van der Waals surface area contributed by atoms with E-state index in [-0.39, 0.29) is 12.1 Å². The van der Waals surface area contributed by atoms with Gasteiger partial charge in [-0.3, -0.25) is 0 Å². The third-order valence-electron chi connectivity index (χ3n) is 4.56. The molecule has 2 heterocycles. The first-order chi connectivity index (χ1) is 11.7. The van der Waals surface area contributed by atoms with Crippen LogP contribution in [0.1, 0.15) is 37.1 Å². The minimum absolute atomic E-state index is 0.00344. The second kappa shape index (κ2) is 7.43. The molecule has 0 aliphatic carbocycles. The molecule has 0 spiro atoms. The van der Waals surface area contributed by atoms with E-state index in [9.17, 15) is 4.79 Å². The molecule has 0 saturated carbocycles. The van der Waals surface area contributed by atoms with Crippen molar-refractivity contribution in [2.24, 2.45) is 0 Å². The lowest BCUT2D eigenvalue weighted by molar-refractivity contribution is 0.150. The zero-order valence-electron chi connectivity index (χ0n) is 14.4. The fourth-order valence-corrected chi connectivity index (χ4v) is 3.35. The number of ether oxygens (including phenoxy) is 1. The molecular formula is C19H25N3O2. The van der Waals surface area contributed by atoms with Crippen LogP contribution in [0, 0.1) is 0 Å². The van der Waals surface area contributed by atoms with Crippen molar-refractivity contribution in [1.82, 2.24) is 14.8 Å². The smallest absolute Gasteiger partial charge is 0.318 e. The Morgan fingerprint density at radius 3 is 2.96 bits per heavy atom. The first-order valence-corrected chi connectivity index (χ1v) is 8.55. The number of nitrogens with one attached hydrogen (secondary N) is 1. The Labute approximate surface area is 143 Å². The maximum Gasteiger partial charge on any atom is 0.318 e. The maximum absolute atomic E-state index is 12.7. The number of carbonyl (C=O) groups excluding carboxylic acids is 1. The quantitative estimate of drug-likeness (QED) is 0.912. The monoisotopic (exact) mass is 327 g/mol. The number of rotatable bonds is 5. The fourth-order valence-electron chi connectivity index (χ4n) is 3.35. The van der Waals surface area contributed by atoms with Gasteiger partial charge in [0, 0.05) is 31.5 Å². The van der Waals surface area contributed by atoms with Crippen LogP contribution in [-0.2, 0) is 13.1 Å². The van der Waals surface area contributed by atoms with E-state index in [4.69, 9.17) is 4.74 Å². The van der Waals surface area contributed by atoms with E-state index in [0.29, 0.717) is 6.54 Å². The molecule has 0 unspecified atom stereocenters. The van der Waals surface area contributed by atoms with E-state index in [0.717, 1.165) is 37.2 Å². The van der Waals surface area contributed by atoms with Gasteiger partial charge in [-0.15, -0.1) is 0 Å². The lowest BCUT2D eigenvalue weighted by atomic mass is 10.0. The van der Waals surface area contributed by atoms with Crippen molar-refractivity contribution >= 4 is 6.03 Å². The summed E-state index contributed by atoms with van der Waals surface area (Å²) in [6.07, 6.45) is 4.13. The van der Waals surface area contributed by atoms with E-state index < -0.39 is 0 Å². The normalized spacial score (nSPS) is 16.6. The summed E-state index contributed by atoms with van der Waals surface area (Å²) in [6, 6.07) is 12.1. The van der Waals surface area contributed by atoms with E-state index in [1.54, 1.807) is 7.11 Å². The van der Waals surface area contributed by atoms with Gasteiger partial charge in [0.05, 0.1) is 13.2 Å². The Balaban J connectivity index is 1.67. The van der Waals surface area contributed by atoms with Gasteiger partial charge >= 0.3 is 6.03 Å². The molecule has 24 heavy (non-hydrogen) atoms. The zero-order valence-corrected chi connectivity index (χ0v) is 14.4. The molecule has 2 aromatic rings. The minimum Gasteiger partial charge on any atom is -0.497 e. The summed E-state index contributed by atoms with van der Waals surface area (Å²) in [6.45, 7) is 4.27. The largest absolute Gasteiger partial charge is 0.497 e. The number of amides is 2. The second-order valence-electron chi connectivity index (χ2n) is 6.13. The third kappa shape index (κ3) is 3.40. The molecule has 128 valence electrons. The molecule has 0 radical (unpaired) electrons. The number of benzene rings is 1. The first-order valence-electron chi connectivity index (χ1n) is 8.55. The Morgan fingerprint density at radius 1 is 1.29 bits per heavy atom. The average molecular weight is 327 g/mol. The predicted octanol–water partition coefficient (Wildman–Crippen LogP) is 3.56.